The largest absolute Gasteiger partial charge is 0.465 e. The van der Waals surface area contributed by atoms with Crippen molar-refractivity contribution in [1.29, 1.82) is 0 Å². The maximum atomic E-state index is 12.3. The maximum Gasteiger partial charge on any atom is 0.318 e. The van der Waals surface area contributed by atoms with E-state index in [9.17, 15) is 4.79 Å². The molecule has 102 valence electrons. The van der Waals surface area contributed by atoms with Gasteiger partial charge < -0.3 is 4.74 Å². The van der Waals surface area contributed by atoms with E-state index in [4.69, 9.17) is 27.9 Å². The fourth-order valence-electron chi connectivity index (χ4n) is 2.77. The molecule has 0 saturated heterocycles. The Hall–Kier alpha value is -0.470. The van der Waals surface area contributed by atoms with Gasteiger partial charge in [-0.2, -0.15) is 0 Å². The van der Waals surface area contributed by atoms with Gasteiger partial charge in [-0.05, 0) is 20.8 Å². The fourth-order valence-corrected chi connectivity index (χ4v) is 3.83. The summed E-state index contributed by atoms with van der Waals surface area (Å²) in [5.74, 6) is -0.362. The highest BCUT2D eigenvalue weighted by Crippen LogP contribution is 2.80. The summed E-state index contributed by atoms with van der Waals surface area (Å²) in [6, 6.07) is 0. The molecule has 0 radical (unpaired) electrons. The van der Waals surface area contributed by atoms with Crippen LogP contribution in [-0.4, -0.2) is 17.5 Å². The van der Waals surface area contributed by atoms with E-state index in [0.29, 0.717) is 11.6 Å². The molecular weight excluding hydrogens is 271 g/mol. The Kier molecular flexibility index (Phi) is 3.96. The summed E-state index contributed by atoms with van der Waals surface area (Å²) in [4.78, 5) is 11.3. The fraction of sp³-hybridized carbons (Fsp3) is 0.643. The molecule has 18 heavy (non-hydrogen) atoms. The number of allylic oxidation sites excluding steroid dienone is 2. The predicted molar refractivity (Wildman–Crippen MR) is 75.9 cm³/mol. The van der Waals surface area contributed by atoms with Crippen LogP contribution in [0, 0.1) is 10.8 Å². The van der Waals surface area contributed by atoms with Crippen molar-refractivity contribution in [2.45, 2.75) is 39.5 Å². The topological polar surface area (TPSA) is 26.3 Å². The lowest BCUT2D eigenvalue weighted by Gasteiger charge is -2.16. The summed E-state index contributed by atoms with van der Waals surface area (Å²) >= 11 is 13.0. The minimum absolute atomic E-state index is 0.309. The summed E-state index contributed by atoms with van der Waals surface area (Å²) in [6.45, 7) is 13.4. The molecule has 0 spiro atoms. The Morgan fingerprint density at radius 3 is 2.22 bits per heavy atom. The Labute approximate surface area is 119 Å². The van der Waals surface area contributed by atoms with Crippen LogP contribution < -0.4 is 0 Å². The van der Waals surface area contributed by atoms with Crippen LogP contribution in [0.3, 0.4) is 0 Å². The van der Waals surface area contributed by atoms with Gasteiger partial charge in [0.2, 0.25) is 0 Å². The third-order valence-electron chi connectivity index (χ3n) is 3.97. The van der Waals surface area contributed by atoms with Crippen molar-refractivity contribution >= 4 is 29.2 Å². The zero-order chi connectivity index (χ0) is 14.4. The van der Waals surface area contributed by atoms with E-state index in [-0.39, 0.29) is 5.97 Å². The van der Waals surface area contributed by atoms with E-state index in [1.54, 1.807) is 13.0 Å². The van der Waals surface area contributed by atoms with Gasteiger partial charge in [-0.25, -0.2) is 0 Å². The van der Waals surface area contributed by atoms with Crippen molar-refractivity contribution in [2.75, 3.05) is 6.61 Å². The molecule has 0 amide bonds. The summed E-state index contributed by atoms with van der Waals surface area (Å²) in [5.41, 5.74) is -0.594. The number of hydrogen-bond acceptors (Lipinski definition) is 2. The van der Waals surface area contributed by atoms with Gasteiger partial charge in [-0.3, -0.25) is 4.79 Å². The second kappa shape index (κ2) is 4.57. The van der Waals surface area contributed by atoms with Crippen LogP contribution in [0.1, 0.15) is 34.6 Å². The van der Waals surface area contributed by atoms with Crippen molar-refractivity contribution < 1.29 is 9.53 Å². The average Bonchev–Trinajstić information content (AvgIpc) is 2.68. The Balaban J connectivity index is 3.37. The third-order valence-corrected chi connectivity index (χ3v) is 5.69. The van der Waals surface area contributed by atoms with Crippen molar-refractivity contribution in [3.63, 3.8) is 0 Å². The molecule has 2 unspecified atom stereocenters. The van der Waals surface area contributed by atoms with E-state index >= 15 is 0 Å². The molecule has 1 rings (SSSR count). The highest BCUT2D eigenvalue weighted by Gasteiger charge is 2.86. The number of alkyl halides is 1. The molecule has 1 saturated carbocycles. The molecular formula is C14H20Cl2O2. The summed E-state index contributed by atoms with van der Waals surface area (Å²) in [5, 5.41) is 0.502. The monoisotopic (exact) mass is 290 g/mol. The molecule has 0 aromatic rings. The second-order valence-electron chi connectivity index (χ2n) is 5.33. The Bertz CT molecular complexity index is 422. The first-order valence-electron chi connectivity index (χ1n) is 5.98. The van der Waals surface area contributed by atoms with Crippen LogP contribution in [0.4, 0.5) is 0 Å². The molecule has 0 aliphatic heterocycles. The minimum atomic E-state index is -0.966. The van der Waals surface area contributed by atoms with Gasteiger partial charge in [-0.1, -0.05) is 37.1 Å². The molecule has 0 aromatic carbocycles. The van der Waals surface area contributed by atoms with Crippen LogP contribution in [0.25, 0.3) is 0 Å². The number of carbonyl (C=O) groups is 1. The first kappa shape index (κ1) is 15.6. The minimum Gasteiger partial charge on any atom is -0.465 e. The highest BCUT2D eigenvalue weighted by atomic mass is 35.5. The van der Waals surface area contributed by atoms with E-state index in [1.807, 2.05) is 27.7 Å². The number of esters is 1. The molecule has 1 fully saturated rings. The zero-order valence-electron chi connectivity index (χ0n) is 11.6. The lowest BCUT2D eigenvalue weighted by Crippen LogP contribution is -2.26. The first-order chi connectivity index (χ1) is 8.15. The number of halogens is 2. The molecule has 2 atom stereocenters. The van der Waals surface area contributed by atoms with Gasteiger partial charge in [0.25, 0.3) is 0 Å². The maximum absolute atomic E-state index is 12.3. The van der Waals surface area contributed by atoms with Gasteiger partial charge in [0.05, 0.1) is 6.61 Å². The second-order valence-corrected chi connectivity index (χ2v) is 6.27. The number of hydrogen-bond donors (Lipinski definition) is 0. The lowest BCUT2D eigenvalue weighted by atomic mass is 9.96. The zero-order valence-corrected chi connectivity index (χ0v) is 13.1. The van der Waals surface area contributed by atoms with Gasteiger partial charge in [0, 0.05) is 10.4 Å². The van der Waals surface area contributed by atoms with Crippen molar-refractivity contribution in [2.24, 2.45) is 10.8 Å². The van der Waals surface area contributed by atoms with Gasteiger partial charge in [0.15, 0.2) is 0 Å². The van der Waals surface area contributed by atoms with Crippen LogP contribution in [0.5, 0.6) is 0 Å². The molecule has 0 heterocycles. The summed E-state index contributed by atoms with van der Waals surface area (Å²) < 4.78 is 5.15. The van der Waals surface area contributed by atoms with Gasteiger partial charge in [0.1, 0.15) is 10.3 Å². The predicted octanol–water partition coefficient (Wildman–Crippen LogP) is 4.27. The number of rotatable bonds is 4. The van der Waals surface area contributed by atoms with E-state index in [0.717, 1.165) is 5.57 Å². The molecule has 1 aliphatic rings. The summed E-state index contributed by atoms with van der Waals surface area (Å²) in [6.07, 6.45) is 1.57. The van der Waals surface area contributed by atoms with Crippen LogP contribution in [0.15, 0.2) is 23.3 Å². The number of ether oxygens (including phenoxy) is 1. The van der Waals surface area contributed by atoms with Crippen molar-refractivity contribution in [3.8, 4) is 0 Å². The van der Waals surface area contributed by atoms with Crippen LogP contribution in [-0.2, 0) is 9.53 Å². The standard InChI is InChI=1S/C14H20Cl2O2/c1-7-13(11(17)18-8-2)12(5,6)14(13,16)10(15)9(3)4/h7H,1,8H2,2-6H3. The molecule has 0 aromatic heterocycles. The number of carbonyl (C=O) groups excluding carboxylic acids is 1. The quantitative estimate of drug-likeness (QED) is 0.439. The van der Waals surface area contributed by atoms with Gasteiger partial charge in [-0.15, -0.1) is 18.2 Å². The smallest absolute Gasteiger partial charge is 0.318 e. The van der Waals surface area contributed by atoms with E-state index < -0.39 is 15.7 Å². The average molecular weight is 291 g/mol. The van der Waals surface area contributed by atoms with Gasteiger partial charge >= 0.3 is 5.97 Å². The van der Waals surface area contributed by atoms with Crippen LogP contribution in [0.2, 0.25) is 0 Å². The third kappa shape index (κ3) is 1.51. The van der Waals surface area contributed by atoms with Crippen molar-refractivity contribution in [1.82, 2.24) is 0 Å². The van der Waals surface area contributed by atoms with E-state index in [2.05, 4.69) is 6.58 Å². The first-order valence-corrected chi connectivity index (χ1v) is 6.73. The Morgan fingerprint density at radius 2 is 1.89 bits per heavy atom. The lowest BCUT2D eigenvalue weighted by molar-refractivity contribution is -0.149. The normalized spacial score (nSPS) is 32.6. The van der Waals surface area contributed by atoms with Crippen molar-refractivity contribution in [3.05, 3.63) is 23.3 Å². The molecule has 1 aliphatic carbocycles. The molecule has 0 N–H and O–H groups in total. The van der Waals surface area contributed by atoms with Crippen LogP contribution >= 0.6 is 23.2 Å². The molecule has 0 bridgehead atoms. The highest BCUT2D eigenvalue weighted by molar-refractivity contribution is 6.44. The SMILES string of the molecule is C=CC1(C(=O)OCC)C(C)(C)C1(Cl)C(Cl)=C(C)C. The Morgan fingerprint density at radius 1 is 1.39 bits per heavy atom. The summed E-state index contributed by atoms with van der Waals surface area (Å²) in [7, 11) is 0. The van der Waals surface area contributed by atoms with E-state index in [1.165, 1.54) is 0 Å². The molecule has 4 heteroatoms. The molecule has 2 nitrogen and oxygen atoms in total.